The molecule has 0 aromatic carbocycles. The van der Waals surface area contributed by atoms with Crippen molar-refractivity contribution in [2.45, 2.75) is 72.8 Å². The van der Waals surface area contributed by atoms with Gasteiger partial charge < -0.3 is 15.4 Å². The minimum absolute atomic E-state index is 0.321. The third-order valence-corrected chi connectivity index (χ3v) is 3.03. The van der Waals surface area contributed by atoms with E-state index in [0.717, 1.165) is 13.1 Å². The quantitative estimate of drug-likeness (QED) is 0.635. The Bertz CT molecular complexity index is 270. The molecule has 120 valence electrons. The summed E-state index contributed by atoms with van der Waals surface area (Å²) in [6, 6.07) is 0. The molecule has 4 nitrogen and oxygen atoms in total. The van der Waals surface area contributed by atoms with Crippen LogP contribution >= 0.6 is 0 Å². The molecule has 0 saturated carbocycles. The van der Waals surface area contributed by atoms with E-state index in [4.69, 9.17) is 4.74 Å². The van der Waals surface area contributed by atoms with Gasteiger partial charge in [0.2, 0.25) is 0 Å². The molecule has 0 aromatic heterocycles. The molecule has 0 aromatic rings. The molecule has 0 radical (unpaired) electrons. The topological polar surface area (TPSA) is 50.4 Å². The monoisotopic (exact) mass is 286 g/mol. The highest BCUT2D eigenvalue weighted by molar-refractivity contribution is 5.67. The van der Waals surface area contributed by atoms with Gasteiger partial charge in [0.05, 0.1) is 0 Å². The molecule has 0 spiro atoms. The van der Waals surface area contributed by atoms with Gasteiger partial charge in [-0.25, -0.2) is 4.79 Å². The van der Waals surface area contributed by atoms with E-state index >= 15 is 0 Å². The largest absolute Gasteiger partial charge is 0.444 e. The van der Waals surface area contributed by atoms with Gasteiger partial charge in [-0.2, -0.15) is 0 Å². The maximum atomic E-state index is 11.4. The number of unbranched alkanes of at least 4 members (excludes halogenated alkanes) is 2. The molecule has 20 heavy (non-hydrogen) atoms. The first-order valence-corrected chi connectivity index (χ1v) is 7.84. The minimum atomic E-state index is -0.432. The van der Waals surface area contributed by atoms with E-state index in [1.807, 2.05) is 20.8 Å². The van der Waals surface area contributed by atoms with Crippen molar-refractivity contribution in [3.8, 4) is 0 Å². The fourth-order valence-corrected chi connectivity index (χ4v) is 1.94. The molecule has 0 aliphatic heterocycles. The van der Waals surface area contributed by atoms with Crippen molar-refractivity contribution in [1.29, 1.82) is 0 Å². The minimum Gasteiger partial charge on any atom is -0.444 e. The second-order valence-corrected chi connectivity index (χ2v) is 7.23. The van der Waals surface area contributed by atoms with Crippen molar-refractivity contribution < 1.29 is 9.53 Å². The third kappa shape index (κ3) is 12.3. The summed E-state index contributed by atoms with van der Waals surface area (Å²) in [6.07, 6.45) is 4.77. The molecular weight excluding hydrogens is 252 g/mol. The van der Waals surface area contributed by atoms with Crippen LogP contribution < -0.4 is 10.6 Å². The first-order valence-electron chi connectivity index (χ1n) is 7.84. The summed E-state index contributed by atoms with van der Waals surface area (Å²) in [5.74, 6) is 0. The molecule has 0 rings (SSSR count). The lowest BCUT2D eigenvalue weighted by Gasteiger charge is -2.25. The van der Waals surface area contributed by atoms with Gasteiger partial charge in [-0.3, -0.25) is 0 Å². The number of amides is 1. The number of hydrogen-bond acceptors (Lipinski definition) is 3. The highest BCUT2D eigenvalue weighted by Gasteiger charge is 2.17. The molecule has 0 fully saturated rings. The average molecular weight is 286 g/mol. The van der Waals surface area contributed by atoms with Crippen LogP contribution in [0.1, 0.15) is 67.2 Å². The summed E-state index contributed by atoms with van der Waals surface area (Å²) in [5, 5.41) is 6.15. The predicted molar refractivity (Wildman–Crippen MR) is 85.0 cm³/mol. The number of hydrogen-bond donors (Lipinski definition) is 2. The van der Waals surface area contributed by atoms with Crippen LogP contribution in [0.3, 0.4) is 0 Å². The fourth-order valence-electron chi connectivity index (χ4n) is 1.94. The molecule has 0 heterocycles. The van der Waals surface area contributed by atoms with Gasteiger partial charge in [0.1, 0.15) is 5.60 Å². The van der Waals surface area contributed by atoms with Crippen molar-refractivity contribution in [2.24, 2.45) is 5.41 Å². The molecule has 0 saturated heterocycles. The Morgan fingerprint density at radius 3 is 2.25 bits per heavy atom. The molecule has 4 heteroatoms. The van der Waals surface area contributed by atoms with E-state index in [0.29, 0.717) is 12.0 Å². The van der Waals surface area contributed by atoms with Crippen LogP contribution in [-0.4, -0.2) is 31.3 Å². The van der Waals surface area contributed by atoms with Crippen LogP contribution in [0, 0.1) is 5.41 Å². The molecule has 0 unspecified atom stereocenters. The zero-order valence-electron chi connectivity index (χ0n) is 14.3. The molecule has 2 N–H and O–H groups in total. The number of ether oxygens (including phenoxy) is 1. The Hall–Kier alpha value is -0.770. The third-order valence-electron chi connectivity index (χ3n) is 3.03. The van der Waals surface area contributed by atoms with E-state index < -0.39 is 5.60 Å². The van der Waals surface area contributed by atoms with Crippen molar-refractivity contribution in [3.63, 3.8) is 0 Å². The van der Waals surface area contributed by atoms with E-state index in [1.165, 1.54) is 25.7 Å². The molecule has 0 atom stereocenters. The number of carbonyl (C=O) groups excluding carboxylic acids is 1. The van der Waals surface area contributed by atoms with Crippen LogP contribution in [0.25, 0.3) is 0 Å². The molecule has 0 aliphatic carbocycles. The summed E-state index contributed by atoms with van der Waals surface area (Å²) >= 11 is 0. The predicted octanol–water partition coefficient (Wildman–Crippen LogP) is 3.71. The maximum absolute atomic E-state index is 11.4. The van der Waals surface area contributed by atoms with Gasteiger partial charge in [0.15, 0.2) is 0 Å². The molecular formula is C16H34N2O2. The van der Waals surface area contributed by atoms with Crippen LogP contribution in [0.4, 0.5) is 4.79 Å². The molecule has 0 bridgehead atoms. The van der Waals surface area contributed by atoms with Crippen LogP contribution in [0.15, 0.2) is 0 Å². The van der Waals surface area contributed by atoms with Gasteiger partial charge in [-0.15, -0.1) is 0 Å². The van der Waals surface area contributed by atoms with Gasteiger partial charge >= 0.3 is 6.09 Å². The Morgan fingerprint density at radius 1 is 1.05 bits per heavy atom. The van der Waals surface area contributed by atoms with Crippen LogP contribution in [-0.2, 0) is 4.74 Å². The first kappa shape index (κ1) is 19.2. The highest BCUT2D eigenvalue weighted by Crippen LogP contribution is 2.22. The van der Waals surface area contributed by atoms with Crippen molar-refractivity contribution in [3.05, 3.63) is 0 Å². The lowest BCUT2D eigenvalue weighted by Crippen LogP contribution is -2.38. The van der Waals surface area contributed by atoms with E-state index in [1.54, 1.807) is 0 Å². The Kier molecular flexibility index (Phi) is 8.86. The summed E-state index contributed by atoms with van der Waals surface area (Å²) < 4.78 is 5.17. The first-order chi connectivity index (χ1) is 9.16. The number of nitrogens with one attached hydrogen (secondary N) is 2. The second kappa shape index (κ2) is 9.22. The average Bonchev–Trinajstić information content (AvgIpc) is 2.26. The summed E-state index contributed by atoms with van der Waals surface area (Å²) in [4.78, 5) is 11.4. The van der Waals surface area contributed by atoms with E-state index in [9.17, 15) is 4.79 Å². The van der Waals surface area contributed by atoms with E-state index in [-0.39, 0.29) is 6.09 Å². The Morgan fingerprint density at radius 2 is 1.70 bits per heavy atom. The Labute approximate surface area is 125 Å². The van der Waals surface area contributed by atoms with Crippen molar-refractivity contribution >= 4 is 6.09 Å². The SMILES string of the molecule is CCCCCC(C)(C)CNCCNC(=O)OC(C)(C)C. The zero-order chi connectivity index (χ0) is 15.6. The highest BCUT2D eigenvalue weighted by atomic mass is 16.6. The lowest BCUT2D eigenvalue weighted by molar-refractivity contribution is 0.0528. The molecule has 0 aliphatic rings. The second-order valence-electron chi connectivity index (χ2n) is 7.23. The van der Waals surface area contributed by atoms with Gasteiger partial charge in [-0.05, 0) is 32.6 Å². The summed E-state index contributed by atoms with van der Waals surface area (Å²) in [6.45, 7) is 14.8. The zero-order valence-corrected chi connectivity index (χ0v) is 14.3. The number of rotatable bonds is 9. The Balaban J connectivity index is 3.63. The maximum Gasteiger partial charge on any atom is 0.407 e. The lowest BCUT2D eigenvalue weighted by atomic mass is 9.87. The molecule has 1 amide bonds. The number of carbonyl (C=O) groups is 1. The van der Waals surface area contributed by atoms with Crippen LogP contribution in [0.5, 0.6) is 0 Å². The summed E-state index contributed by atoms with van der Waals surface area (Å²) in [7, 11) is 0. The smallest absolute Gasteiger partial charge is 0.407 e. The fraction of sp³-hybridized carbons (Fsp3) is 0.938. The van der Waals surface area contributed by atoms with Crippen molar-refractivity contribution in [2.75, 3.05) is 19.6 Å². The van der Waals surface area contributed by atoms with Gasteiger partial charge in [0, 0.05) is 19.6 Å². The van der Waals surface area contributed by atoms with Crippen LogP contribution in [0.2, 0.25) is 0 Å². The normalized spacial score (nSPS) is 12.3. The number of alkyl carbamates (subject to hydrolysis) is 1. The van der Waals surface area contributed by atoms with E-state index in [2.05, 4.69) is 31.4 Å². The van der Waals surface area contributed by atoms with Gasteiger partial charge in [-0.1, -0.05) is 40.0 Å². The van der Waals surface area contributed by atoms with Crippen molar-refractivity contribution in [1.82, 2.24) is 10.6 Å². The van der Waals surface area contributed by atoms with Gasteiger partial charge in [0.25, 0.3) is 0 Å². The summed E-state index contributed by atoms with van der Waals surface area (Å²) in [5.41, 5.74) is -0.111. The standard InChI is InChI=1S/C16H34N2O2/c1-7-8-9-10-16(5,6)13-17-11-12-18-14(19)20-15(2,3)4/h17H,7-13H2,1-6H3,(H,18,19).